The van der Waals surface area contributed by atoms with Crippen LogP contribution in [-0.2, 0) is 4.79 Å². The molecule has 1 unspecified atom stereocenters. The maximum Gasteiger partial charge on any atom is 0.328 e. The average molecular weight is 332 g/mol. The Morgan fingerprint density at radius 2 is 1.91 bits per heavy atom. The molecule has 7 heteroatoms. The van der Waals surface area contributed by atoms with Gasteiger partial charge >= 0.3 is 5.69 Å². The number of hydrogen-bond donors (Lipinski definition) is 0. The fraction of sp³-hybridized carbons (Fsp3) is 0.312. The number of carbonyl (C=O) groups is 1. The van der Waals surface area contributed by atoms with Crippen LogP contribution in [-0.4, -0.2) is 20.7 Å². The fourth-order valence-electron chi connectivity index (χ4n) is 2.84. The molecule has 1 aromatic carbocycles. The van der Waals surface area contributed by atoms with E-state index in [1.54, 1.807) is 12.1 Å². The number of aromatic nitrogens is 2. The van der Waals surface area contributed by atoms with Crippen LogP contribution in [0.25, 0.3) is 11.4 Å². The van der Waals surface area contributed by atoms with E-state index in [0.29, 0.717) is 24.2 Å². The minimum Gasteiger partial charge on any atom is -0.299 e. The van der Waals surface area contributed by atoms with Crippen LogP contribution in [0.15, 0.2) is 30.3 Å². The topological polar surface area (TPSA) is 86.0 Å². The predicted molar refractivity (Wildman–Crippen MR) is 85.3 cm³/mol. The van der Waals surface area contributed by atoms with Crippen LogP contribution in [0.1, 0.15) is 37.3 Å². The quantitative estimate of drug-likeness (QED) is 0.483. The normalized spacial score (nSPS) is 18.0. The Bertz CT molecular complexity index is 765. The van der Waals surface area contributed by atoms with Crippen molar-refractivity contribution in [2.75, 3.05) is 0 Å². The van der Waals surface area contributed by atoms with E-state index < -0.39 is 10.8 Å². The average Bonchev–Trinajstić information content (AvgIpc) is 2.55. The molecule has 1 saturated carbocycles. The van der Waals surface area contributed by atoms with Crippen molar-refractivity contribution in [1.29, 1.82) is 0 Å². The summed E-state index contributed by atoms with van der Waals surface area (Å²) in [5, 5.41) is 11.1. The summed E-state index contributed by atoms with van der Waals surface area (Å²) >= 11 is 6.04. The molecule has 1 fully saturated rings. The summed E-state index contributed by atoms with van der Waals surface area (Å²) in [6, 6.07) is 9.08. The van der Waals surface area contributed by atoms with Gasteiger partial charge in [-0.1, -0.05) is 48.4 Å². The van der Waals surface area contributed by atoms with Crippen LogP contribution < -0.4 is 0 Å². The van der Waals surface area contributed by atoms with Crippen LogP contribution in [0.2, 0.25) is 5.15 Å². The Labute approximate surface area is 137 Å². The highest BCUT2D eigenvalue weighted by Crippen LogP contribution is 2.38. The van der Waals surface area contributed by atoms with E-state index in [4.69, 9.17) is 11.6 Å². The van der Waals surface area contributed by atoms with E-state index in [2.05, 4.69) is 9.97 Å². The maximum absolute atomic E-state index is 12.2. The van der Waals surface area contributed by atoms with Gasteiger partial charge < -0.3 is 0 Å². The van der Waals surface area contributed by atoms with Crippen LogP contribution >= 0.6 is 11.6 Å². The highest BCUT2D eigenvalue weighted by Gasteiger charge is 2.34. The van der Waals surface area contributed by atoms with Crippen molar-refractivity contribution < 1.29 is 9.72 Å². The summed E-state index contributed by atoms with van der Waals surface area (Å²) in [5.74, 6) is -0.296. The molecule has 1 aliphatic carbocycles. The molecule has 2 aromatic rings. The first-order chi connectivity index (χ1) is 11.1. The third kappa shape index (κ3) is 3.07. The van der Waals surface area contributed by atoms with Crippen molar-refractivity contribution >= 4 is 23.1 Å². The second-order valence-electron chi connectivity index (χ2n) is 5.46. The van der Waals surface area contributed by atoms with Gasteiger partial charge in [0.1, 0.15) is 11.5 Å². The predicted octanol–water partition coefficient (Wildman–Crippen LogP) is 3.93. The number of rotatable bonds is 3. The van der Waals surface area contributed by atoms with Crippen LogP contribution in [0.5, 0.6) is 0 Å². The van der Waals surface area contributed by atoms with Crippen LogP contribution in [0, 0.1) is 10.1 Å². The number of carbonyl (C=O) groups excluding carboxylic acids is 1. The molecule has 23 heavy (non-hydrogen) atoms. The van der Waals surface area contributed by atoms with Crippen molar-refractivity contribution in [2.24, 2.45) is 0 Å². The molecule has 118 valence electrons. The van der Waals surface area contributed by atoms with Gasteiger partial charge in [-0.2, -0.15) is 0 Å². The Morgan fingerprint density at radius 3 is 2.57 bits per heavy atom. The Morgan fingerprint density at radius 1 is 1.17 bits per heavy atom. The summed E-state index contributed by atoms with van der Waals surface area (Å²) in [6.07, 6.45) is 2.63. The molecule has 1 aromatic heterocycles. The first-order valence-corrected chi connectivity index (χ1v) is 7.75. The maximum atomic E-state index is 12.2. The minimum absolute atomic E-state index is 0.0203. The third-order valence-electron chi connectivity index (χ3n) is 3.97. The lowest BCUT2D eigenvalue weighted by Gasteiger charge is -2.20. The summed E-state index contributed by atoms with van der Waals surface area (Å²) in [6.45, 7) is 0. The lowest BCUT2D eigenvalue weighted by Crippen LogP contribution is -2.20. The van der Waals surface area contributed by atoms with E-state index in [9.17, 15) is 14.9 Å². The monoisotopic (exact) mass is 331 g/mol. The molecular formula is C16H14ClN3O3. The Balaban J connectivity index is 2.16. The number of hydrogen-bond acceptors (Lipinski definition) is 5. The van der Waals surface area contributed by atoms with Gasteiger partial charge in [0.15, 0.2) is 5.82 Å². The molecule has 0 bridgehead atoms. The van der Waals surface area contributed by atoms with E-state index in [1.165, 1.54) is 0 Å². The number of nitrogens with zero attached hydrogens (tertiary/aromatic N) is 3. The van der Waals surface area contributed by atoms with Gasteiger partial charge in [-0.3, -0.25) is 14.9 Å². The Kier molecular flexibility index (Phi) is 4.34. The zero-order valence-corrected chi connectivity index (χ0v) is 13.0. The summed E-state index contributed by atoms with van der Waals surface area (Å²) in [4.78, 5) is 31.4. The highest BCUT2D eigenvalue weighted by molar-refractivity contribution is 6.31. The second kappa shape index (κ2) is 6.42. The second-order valence-corrected chi connectivity index (χ2v) is 5.82. The molecule has 3 rings (SSSR count). The fourth-order valence-corrected chi connectivity index (χ4v) is 3.09. The van der Waals surface area contributed by atoms with E-state index in [1.807, 2.05) is 18.2 Å². The summed E-state index contributed by atoms with van der Waals surface area (Å²) < 4.78 is 0. The van der Waals surface area contributed by atoms with Crippen LogP contribution in [0.3, 0.4) is 0 Å². The van der Waals surface area contributed by atoms with Crippen molar-refractivity contribution in [3.8, 4) is 11.4 Å². The first kappa shape index (κ1) is 15.6. The van der Waals surface area contributed by atoms with Crippen molar-refractivity contribution in [2.45, 2.75) is 31.6 Å². The lowest BCUT2D eigenvalue weighted by atomic mass is 9.85. The molecule has 0 spiro atoms. The zero-order valence-electron chi connectivity index (χ0n) is 12.2. The Hall–Kier alpha value is -2.34. The highest BCUT2D eigenvalue weighted by atomic mass is 35.5. The minimum atomic E-state index is -0.603. The zero-order chi connectivity index (χ0) is 16.4. The van der Waals surface area contributed by atoms with Gasteiger partial charge in [0.2, 0.25) is 5.15 Å². The first-order valence-electron chi connectivity index (χ1n) is 7.38. The number of halogens is 1. The van der Waals surface area contributed by atoms with Gasteiger partial charge in [-0.15, -0.1) is 0 Å². The largest absolute Gasteiger partial charge is 0.328 e. The number of benzene rings is 1. The SMILES string of the molecule is O=C1CCCCC1c1nc(-c2ccccc2)nc(Cl)c1[N+](=O)[O-]. The molecule has 0 saturated heterocycles. The molecule has 1 heterocycles. The smallest absolute Gasteiger partial charge is 0.299 e. The lowest BCUT2D eigenvalue weighted by molar-refractivity contribution is -0.386. The number of Topliss-reactive ketones (excluding diaryl/α,β-unsaturated/α-hetero) is 1. The molecule has 0 N–H and O–H groups in total. The van der Waals surface area contributed by atoms with E-state index >= 15 is 0 Å². The number of nitro groups is 1. The molecule has 0 amide bonds. The standard InChI is InChI=1S/C16H14ClN3O3/c17-15-14(20(22)23)13(11-8-4-5-9-12(11)21)18-16(19-15)10-6-2-1-3-7-10/h1-3,6-7,11H,4-5,8-9H2. The van der Waals surface area contributed by atoms with Crippen molar-refractivity contribution in [3.63, 3.8) is 0 Å². The van der Waals surface area contributed by atoms with Gasteiger partial charge in [0.25, 0.3) is 0 Å². The van der Waals surface area contributed by atoms with Crippen molar-refractivity contribution in [3.05, 3.63) is 51.3 Å². The van der Waals surface area contributed by atoms with Gasteiger partial charge in [0, 0.05) is 12.0 Å². The summed E-state index contributed by atoms with van der Waals surface area (Å²) in [5.41, 5.74) is 0.485. The van der Waals surface area contributed by atoms with Gasteiger partial charge in [-0.05, 0) is 12.8 Å². The van der Waals surface area contributed by atoms with Crippen molar-refractivity contribution in [1.82, 2.24) is 9.97 Å². The molecule has 0 aliphatic heterocycles. The molecule has 1 aliphatic rings. The van der Waals surface area contributed by atoms with E-state index in [-0.39, 0.29) is 22.3 Å². The third-order valence-corrected chi connectivity index (χ3v) is 4.23. The molecule has 1 atom stereocenters. The number of ketones is 1. The van der Waals surface area contributed by atoms with Gasteiger partial charge in [0.05, 0.1) is 10.8 Å². The summed E-state index contributed by atoms with van der Waals surface area (Å²) in [7, 11) is 0. The van der Waals surface area contributed by atoms with Gasteiger partial charge in [-0.25, -0.2) is 9.97 Å². The molecule has 6 nitrogen and oxygen atoms in total. The molecule has 0 radical (unpaired) electrons. The molecular weight excluding hydrogens is 318 g/mol. The van der Waals surface area contributed by atoms with Crippen LogP contribution in [0.4, 0.5) is 5.69 Å². The van der Waals surface area contributed by atoms with E-state index in [0.717, 1.165) is 12.8 Å².